The van der Waals surface area contributed by atoms with Gasteiger partial charge in [0.2, 0.25) is 0 Å². The normalized spacial score (nSPS) is 12.8. The Labute approximate surface area is 261 Å². The quantitative estimate of drug-likeness (QED) is 0.140. The van der Waals surface area contributed by atoms with E-state index >= 15 is 0 Å². The van der Waals surface area contributed by atoms with Crippen molar-refractivity contribution < 1.29 is 0 Å². The van der Waals surface area contributed by atoms with E-state index in [4.69, 9.17) is 10.4 Å². The highest BCUT2D eigenvalue weighted by atomic mass is 15.0. The molecule has 1 unspecified atom stereocenters. The Morgan fingerprint density at radius 1 is 0.953 bits per heavy atom. The molecule has 0 spiro atoms. The zero-order valence-electron chi connectivity index (χ0n) is 28.2. The zero-order chi connectivity index (χ0) is 32.1. The molecule has 0 saturated carbocycles. The first-order valence-electron chi connectivity index (χ1n) is 15.8. The Hall–Kier alpha value is -3.68. The maximum atomic E-state index is 9.08. The number of aryl methyl sites for hydroxylation is 2. The molecule has 3 heterocycles. The van der Waals surface area contributed by atoms with Crippen molar-refractivity contribution in [1.82, 2.24) is 9.55 Å². The third-order valence-corrected chi connectivity index (χ3v) is 9.08. The third kappa shape index (κ3) is 7.84. The van der Waals surface area contributed by atoms with Gasteiger partial charge < -0.3 is 4.57 Å². The molecule has 0 saturated heterocycles. The highest BCUT2D eigenvalue weighted by molar-refractivity contribution is 5.85. The Balaban J connectivity index is 0.000000359. The molecule has 0 amide bonds. The summed E-state index contributed by atoms with van der Waals surface area (Å²) in [5.41, 5.74) is 18.0. The van der Waals surface area contributed by atoms with Gasteiger partial charge in [0.1, 0.15) is 5.49 Å². The van der Waals surface area contributed by atoms with Gasteiger partial charge in [0, 0.05) is 10.9 Å². The van der Waals surface area contributed by atoms with Crippen LogP contribution >= 0.6 is 0 Å². The number of allylic oxidation sites excluding steroid dienone is 4. The van der Waals surface area contributed by atoms with Gasteiger partial charge in [-0.2, -0.15) is 0 Å². The average Bonchev–Trinajstić information content (AvgIpc) is 3.32. The van der Waals surface area contributed by atoms with Gasteiger partial charge in [-0.15, -0.1) is 18.9 Å². The van der Waals surface area contributed by atoms with Gasteiger partial charge in [0.05, 0.1) is 23.4 Å². The van der Waals surface area contributed by atoms with Crippen molar-refractivity contribution in [2.45, 2.75) is 112 Å². The van der Waals surface area contributed by atoms with Crippen molar-refractivity contribution in [3.63, 3.8) is 0 Å². The van der Waals surface area contributed by atoms with E-state index in [0.717, 1.165) is 74.0 Å². The summed E-state index contributed by atoms with van der Waals surface area (Å²) >= 11 is 0. The van der Waals surface area contributed by atoms with E-state index in [2.05, 4.69) is 116 Å². The number of benzene rings is 1. The summed E-state index contributed by atoms with van der Waals surface area (Å²) in [6.07, 6.45) is 7.08. The standard InChI is InChI=1S/C28H33N3.C12H20/c1-8-17(4)15-28(7,10-3)23-14-25-26-21(16-31(25)27(29)22(23)9-2)13-20-11-18(5)19(6)12-24(20)30-26;1-10(2)6-8-12(5)9-7-11(3)4/h11-14,29H,1,9-10,15-16H2,2-7H3;1,3,5-9H2,2,4H3. The number of hydrogen-bond acceptors (Lipinski definition) is 2. The van der Waals surface area contributed by atoms with Crippen molar-refractivity contribution in [2.75, 3.05) is 0 Å². The lowest BCUT2D eigenvalue weighted by Crippen LogP contribution is -2.31. The molecule has 1 aromatic carbocycles. The number of nitrogens with one attached hydrogen (secondary N) is 1. The van der Waals surface area contributed by atoms with Crippen molar-refractivity contribution >= 4 is 10.9 Å². The lowest BCUT2D eigenvalue weighted by molar-refractivity contribution is 0.444. The van der Waals surface area contributed by atoms with Crippen LogP contribution in [0.3, 0.4) is 0 Å². The van der Waals surface area contributed by atoms with Crippen molar-refractivity contribution in [2.24, 2.45) is 0 Å². The predicted molar refractivity (Wildman–Crippen MR) is 187 cm³/mol. The maximum Gasteiger partial charge on any atom is 0.129 e. The first-order chi connectivity index (χ1) is 20.2. The summed E-state index contributed by atoms with van der Waals surface area (Å²) < 4.78 is 2.14. The third-order valence-electron chi connectivity index (χ3n) is 9.08. The van der Waals surface area contributed by atoms with E-state index < -0.39 is 0 Å². The first kappa shape index (κ1) is 33.8. The predicted octanol–water partition coefficient (Wildman–Crippen LogP) is 10.8. The molecule has 3 nitrogen and oxygen atoms in total. The molecule has 2 aromatic heterocycles. The van der Waals surface area contributed by atoms with Crippen LogP contribution in [0.5, 0.6) is 0 Å². The van der Waals surface area contributed by atoms with Gasteiger partial charge in [-0.1, -0.05) is 50.6 Å². The summed E-state index contributed by atoms with van der Waals surface area (Å²) in [6.45, 7) is 33.6. The fourth-order valence-electron chi connectivity index (χ4n) is 5.93. The second-order valence-electron chi connectivity index (χ2n) is 13.0. The molecule has 1 N–H and O–H groups in total. The van der Waals surface area contributed by atoms with Crippen LogP contribution in [-0.4, -0.2) is 9.55 Å². The largest absolute Gasteiger partial charge is 0.320 e. The fraction of sp³-hybridized carbons (Fsp3) is 0.425. The van der Waals surface area contributed by atoms with Crippen LogP contribution in [0.1, 0.15) is 108 Å². The van der Waals surface area contributed by atoms with Crippen molar-refractivity contribution in [1.29, 1.82) is 5.41 Å². The lowest BCUT2D eigenvalue weighted by atomic mass is 9.73. The van der Waals surface area contributed by atoms with Gasteiger partial charge in [-0.05, 0) is 137 Å². The Morgan fingerprint density at radius 3 is 2.09 bits per heavy atom. The van der Waals surface area contributed by atoms with Gasteiger partial charge in [-0.25, -0.2) is 4.98 Å². The minimum atomic E-state index is -0.0567. The fourth-order valence-corrected chi connectivity index (χ4v) is 5.93. The number of hydrogen-bond donors (Lipinski definition) is 1. The molecule has 0 bridgehead atoms. The molecule has 4 rings (SSSR count). The van der Waals surface area contributed by atoms with Crippen LogP contribution in [-0.2, 0) is 18.4 Å². The number of rotatable bonds is 11. The minimum Gasteiger partial charge on any atom is -0.320 e. The molecule has 0 aliphatic carbocycles. The molecule has 3 aromatic rings. The van der Waals surface area contributed by atoms with Crippen LogP contribution in [0.2, 0.25) is 0 Å². The van der Waals surface area contributed by atoms with E-state index in [1.807, 2.05) is 0 Å². The second kappa shape index (κ2) is 14.2. The Bertz CT molecular complexity index is 1650. The van der Waals surface area contributed by atoms with E-state index in [1.54, 1.807) is 0 Å². The highest BCUT2D eigenvalue weighted by Gasteiger charge is 2.32. The van der Waals surface area contributed by atoms with Crippen molar-refractivity contribution in [3.8, 4) is 11.4 Å². The number of pyridine rings is 2. The molecule has 228 valence electrons. The molecule has 3 heteroatoms. The van der Waals surface area contributed by atoms with Gasteiger partial charge >= 0.3 is 0 Å². The molecule has 1 atom stereocenters. The molecular formula is C40H53N3. The van der Waals surface area contributed by atoms with E-state index in [-0.39, 0.29) is 5.41 Å². The van der Waals surface area contributed by atoms with Crippen LogP contribution in [0.15, 0.2) is 78.6 Å². The summed E-state index contributed by atoms with van der Waals surface area (Å²) in [5.74, 6) is 0. The minimum absolute atomic E-state index is 0.0567. The first-order valence-corrected chi connectivity index (χ1v) is 15.8. The molecule has 43 heavy (non-hydrogen) atoms. The molecular weight excluding hydrogens is 522 g/mol. The Kier molecular flexibility index (Phi) is 11.2. The maximum absolute atomic E-state index is 9.08. The van der Waals surface area contributed by atoms with Crippen LogP contribution in [0.4, 0.5) is 0 Å². The van der Waals surface area contributed by atoms with Gasteiger partial charge in [0.15, 0.2) is 0 Å². The Morgan fingerprint density at radius 2 is 1.56 bits per heavy atom. The average molecular weight is 576 g/mol. The molecule has 0 radical (unpaired) electrons. The summed E-state index contributed by atoms with van der Waals surface area (Å²) in [7, 11) is 0. The molecule has 1 aliphatic heterocycles. The number of fused-ring (bicyclic) bond motifs is 4. The summed E-state index contributed by atoms with van der Waals surface area (Å²) in [5, 5.41) is 10.3. The van der Waals surface area contributed by atoms with Gasteiger partial charge in [0.25, 0.3) is 0 Å². The molecule has 1 aliphatic rings. The number of aromatic nitrogens is 2. The summed E-state index contributed by atoms with van der Waals surface area (Å²) in [4.78, 5) is 5.09. The second-order valence-corrected chi connectivity index (χ2v) is 13.0. The number of nitrogens with zero attached hydrogens (tertiary/aromatic N) is 2. The lowest BCUT2D eigenvalue weighted by Gasteiger charge is -2.32. The van der Waals surface area contributed by atoms with E-state index in [9.17, 15) is 0 Å². The highest BCUT2D eigenvalue weighted by Crippen LogP contribution is 2.40. The SMILES string of the molecule is C=C(C)CCC(=C)CCC(=C)C.C=C=C(C)CC(C)(CC)c1cc2n(c(=N)c1CC)Cc1cc3cc(C)c(C)cc3nc1-2. The summed E-state index contributed by atoms with van der Waals surface area (Å²) in [6, 6.07) is 9.01. The van der Waals surface area contributed by atoms with E-state index in [0.29, 0.717) is 5.49 Å². The van der Waals surface area contributed by atoms with Crippen LogP contribution in [0, 0.1) is 19.3 Å². The van der Waals surface area contributed by atoms with Crippen molar-refractivity contribution in [3.05, 3.63) is 112 Å². The topological polar surface area (TPSA) is 41.7 Å². The zero-order valence-corrected chi connectivity index (χ0v) is 28.2. The van der Waals surface area contributed by atoms with Gasteiger partial charge in [-0.3, -0.25) is 5.41 Å². The molecule has 0 fully saturated rings. The van der Waals surface area contributed by atoms with Crippen LogP contribution < -0.4 is 5.49 Å². The monoisotopic (exact) mass is 575 g/mol. The smallest absolute Gasteiger partial charge is 0.129 e. The van der Waals surface area contributed by atoms with E-state index in [1.165, 1.54) is 49.9 Å². The van der Waals surface area contributed by atoms with Crippen LogP contribution in [0.25, 0.3) is 22.3 Å².